The van der Waals surface area contributed by atoms with E-state index in [2.05, 4.69) is 33.0 Å². The van der Waals surface area contributed by atoms with Crippen molar-refractivity contribution in [2.24, 2.45) is 5.73 Å². The first-order chi connectivity index (χ1) is 4.74. The molecule has 0 bridgehead atoms. The first-order valence-corrected chi connectivity index (χ1v) is 3.50. The predicted molar refractivity (Wildman–Crippen MR) is 47.2 cm³/mol. The molecule has 0 unspecified atom stereocenters. The van der Waals surface area contributed by atoms with Crippen LogP contribution in [0.4, 0.5) is 0 Å². The molecule has 0 spiro atoms. The second kappa shape index (κ2) is 2.89. The number of aryl methyl sites for hydroxylation is 1. The molecule has 0 radical (unpaired) electrons. The molecule has 0 saturated heterocycles. The van der Waals surface area contributed by atoms with Crippen molar-refractivity contribution in [3.8, 4) is 0 Å². The van der Waals surface area contributed by atoms with E-state index in [0.717, 1.165) is 0 Å². The number of nitrogens with two attached hydrogens (primary N) is 1. The standard InChI is InChI=1S/C8H12BN/c1-6-2-3-7(5-10)4-8(6)9/h2-4H,5,9-10H2,1H3. The van der Waals surface area contributed by atoms with Crippen LogP contribution in [0, 0.1) is 6.92 Å². The van der Waals surface area contributed by atoms with Gasteiger partial charge in [0.25, 0.3) is 0 Å². The maximum atomic E-state index is 5.47. The Morgan fingerprint density at radius 2 is 2.20 bits per heavy atom. The van der Waals surface area contributed by atoms with E-state index in [9.17, 15) is 0 Å². The molecule has 1 nitrogen and oxygen atoms in total. The Bertz CT molecular complexity index is 233. The van der Waals surface area contributed by atoms with Crippen molar-refractivity contribution in [2.75, 3.05) is 0 Å². The fourth-order valence-electron chi connectivity index (χ4n) is 0.930. The van der Waals surface area contributed by atoms with E-state index in [1.165, 1.54) is 16.6 Å². The van der Waals surface area contributed by atoms with Gasteiger partial charge in [0.1, 0.15) is 7.85 Å². The molecular formula is C8H12BN. The second-order valence-corrected chi connectivity index (χ2v) is 2.62. The first-order valence-electron chi connectivity index (χ1n) is 3.50. The Hall–Kier alpha value is -0.755. The third kappa shape index (κ3) is 1.39. The van der Waals surface area contributed by atoms with Crippen LogP contribution in [0.15, 0.2) is 18.2 Å². The van der Waals surface area contributed by atoms with Crippen LogP contribution in [0.3, 0.4) is 0 Å². The van der Waals surface area contributed by atoms with Gasteiger partial charge in [0, 0.05) is 6.54 Å². The molecule has 1 rings (SSSR count). The lowest BCUT2D eigenvalue weighted by Gasteiger charge is -2.01. The minimum atomic E-state index is 0.640. The minimum absolute atomic E-state index is 0.640. The molecular weight excluding hydrogens is 121 g/mol. The SMILES string of the molecule is Bc1cc(CN)ccc1C. The van der Waals surface area contributed by atoms with E-state index < -0.39 is 0 Å². The van der Waals surface area contributed by atoms with Crippen LogP contribution in [0.2, 0.25) is 0 Å². The zero-order chi connectivity index (χ0) is 7.56. The number of hydrogen-bond donors (Lipinski definition) is 1. The second-order valence-electron chi connectivity index (χ2n) is 2.62. The Morgan fingerprint density at radius 3 is 2.70 bits per heavy atom. The normalized spacial score (nSPS) is 9.80. The van der Waals surface area contributed by atoms with E-state index in [1.807, 2.05) is 0 Å². The van der Waals surface area contributed by atoms with Crippen molar-refractivity contribution in [3.63, 3.8) is 0 Å². The lowest BCUT2D eigenvalue weighted by Crippen LogP contribution is -2.09. The van der Waals surface area contributed by atoms with Gasteiger partial charge in [0.05, 0.1) is 0 Å². The largest absolute Gasteiger partial charge is 0.326 e. The number of benzene rings is 1. The molecule has 0 aliphatic heterocycles. The van der Waals surface area contributed by atoms with Gasteiger partial charge in [0.15, 0.2) is 0 Å². The summed E-state index contributed by atoms with van der Waals surface area (Å²) < 4.78 is 0. The molecule has 0 fully saturated rings. The summed E-state index contributed by atoms with van der Waals surface area (Å²) in [5.74, 6) is 0. The molecule has 1 aromatic rings. The lowest BCUT2D eigenvalue weighted by atomic mass is 9.90. The van der Waals surface area contributed by atoms with Gasteiger partial charge in [-0.2, -0.15) is 0 Å². The van der Waals surface area contributed by atoms with Gasteiger partial charge in [-0.05, 0) is 12.5 Å². The summed E-state index contributed by atoms with van der Waals surface area (Å²) in [4.78, 5) is 0. The Balaban J connectivity index is 3.04. The Kier molecular flexibility index (Phi) is 2.12. The zero-order valence-corrected chi connectivity index (χ0v) is 6.52. The van der Waals surface area contributed by atoms with Gasteiger partial charge in [-0.25, -0.2) is 0 Å². The topological polar surface area (TPSA) is 26.0 Å². The summed E-state index contributed by atoms with van der Waals surface area (Å²) >= 11 is 0. The van der Waals surface area contributed by atoms with E-state index in [0.29, 0.717) is 6.54 Å². The molecule has 0 atom stereocenters. The molecule has 1 aromatic carbocycles. The molecule has 2 N–H and O–H groups in total. The summed E-state index contributed by atoms with van der Waals surface area (Å²) in [6.07, 6.45) is 0. The highest BCUT2D eigenvalue weighted by molar-refractivity contribution is 6.33. The maximum absolute atomic E-state index is 5.47. The summed E-state index contributed by atoms with van der Waals surface area (Å²) in [6, 6.07) is 6.31. The molecule has 0 aliphatic carbocycles. The van der Waals surface area contributed by atoms with Crippen molar-refractivity contribution in [3.05, 3.63) is 29.3 Å². The van der Waals surface area contributed by atoms with Gasteiger partial charge in [-0.1, -0.05) is 29.2 Å². The monoisotopic (exact) mass is 133 g/mol. The van der Waals surface area contributed by atoms with Crippen LogP contribution in [0.1, 0.15) is 11.1 Å². The van der Waals surface area contributed by atoms with Crippen LogP contribution < -0.4 is 11.2 Å². The average Bonchev–Trinajstić information content (AvgIpc) is 1.95. The fraction of sp³-hybridized carbons (Fsp3) is 0.250. The molecule has 0 amide bonds. The quantitative estimate of drug-likeness (QED) is 0.523. The maximum Gasteiger partial charge on any atom is 0.139 e. The summed E-state index contributed by atoms with van der Waals surface area (Å²) in [5.41, 5.74) is 9.33. The van der Waals surface area contributed by atoms with Gasteiger partial charge < -0.3 is 5.73 Å². The van der Waals surface area contributed by atoms with Crippen LogP contribution in [-0.2, 0) is 6.54 Å². The van der Waals surface area contributed by atoms with Crippen LogP contribution in [-0.4, -0.2) is 7.85 Å². The molecule has 2 heteroatoms. The molecule has 0 aliphatic rings. The molecule has 0 saturated carbocycles. The van der Waals surface area contributed by atoms with Crippen molar-refractivity contribution < 1.29 is 0 Å². The van der Waals surface area contributed by atoms with Gasteiger partial charge in [-0.3, -0.25) is 0 Å². The predicted octanol–water partition coefficient (Wildman–Crippen LogP) is -0.288. The van der Waals surface area contributed by atoms with E-state index >= 15 is 0 Å². The lowest BCUT2D eigenvalue weighted by molar-refractivity contribution is 1.07. The third-order valence-electron chi connectivity index (χ3n) is 1.81. The highest BCUT2D eigenvalue weighted by Gasteiger charge is 1.92. The number of hydrogen-bond acceptors (Lipinski definition) is 1. The minimum Gasteiger partial charge on any atom is -0.326 e. The molecule has 52 valence electrons. The van der Waals surface area contributed by atoms with Gasteiger partial charge in [0.2, 0.25) is 0 Å². The highest BCUT2D eigenvalue weighted by atomic mass is 14.5. The van der Waals surface area contributed by atoms with Crippen LogP contribution in [0.5, 0.6) is 0 Å². The van der Waals surface area contributed by atoms with Gasteiger partial charge in [-0.15, -0.1) is 0 Å². The summed E-state index contributed by atoms with van der Waals surface area (Å²) in [7, 11) is 2.11. The Morgan fingerprint density at radius 1 is 1.50 bits per heavy atom. The third-order valence-corrected chi connectivity index (χ3v) is 1.81. The molecule has 0 heterocycles. The summed E-state index contributed by atoms with van der Waals surface area (Å²) in [6.45, 7) is 2.75. The fourth-order valence-corrected chi connectivity index (χ4v) is 0.930. The summed E-state index contributed by atoms with van der Waals surface area (Å²) in [5, 5.41) is 0. The molecule has 0 aromatic heterocycles. The molecule has 10 heavy (non-hydrogen) atoms. The number of rotatable bonds is 1. The van der Waals surface area contributed by atoms with Crippen molar-refractivity contribution in [1.29, 1.82) is 0 Å². The van der Waals surface area contributed by atoms with E-state index in [-0.39, 0.29) is 0 Å². The van der Waals surface area contributed by atoms with Crippen molar-refractivity contribution >= 4 is 13.3 Å². The highest BCUT2D eigenvalue weighted by Crippen LogP contribution is 1.97. The van der Waals surface area contributed by atoms with Crippen LogP contribution in [0.25, 0.3) is 0 Å². The van der Waals surface area contributed by atoms with Crippen molar-refractivity contribution in [2.45, 2.75) is 13.5 Å². The van der Waals surface area contributed by atoms with Crippen molar-refractivity contribution in [1.82, 2.24) is 0 Å². The van der Waals surface area contributed by atoms with E-state index in [4.69, 9.17) is 5.73 Å². The zero-order valence-electron chi connectivity index (χ0n) is 6.52. The first kappa shape index (κ1) is 7.35. The van der Waals surface area contributed by atoms with Crippen LogP contribution >= 0.6 is 0 Å². The van der Waals surface area contributed by atoms with Gasteiger partial charge >= 0.3 is 0 Å². The smallest absolute Gasteiger partial charge is 0.139 e. The Labute approximate surface area is 62.7 Å². The van der Waals surface area contributed by atoms with E-state index in [1.54, 1.807) is 0 Å². The average molecular weight is 133 g/mol.